The largest absolute Gasteiger partial charge is 0.370 e. The molecule has 5 rings (SSSR count). The lowest BCUT2D eigenvalue weighted by Crippen LogP contribution is -2.49. The first kappa shape index (κ1) is 13.7. The Morgan fingerprint density at radius 2 is 1.91 bits per heavy atom. The van der Waals surface area contributed by atoms with E-state index in [1.807, 2.05) is 42.6 Å². The number of fused-ring (bicyclic) bond motifs is 3. The van der Waals surface area contributed by atoms with Crippen molar-refractivity contribution < 1.29 is 0 Å². The van der Waals surface area contributed by atoms with Gasteiger partial charge in [0.15, 0.2) is 5.82 Å². The van der Waals surface area contributed by atoms with Crippen molar-refractivity contribution in [1.82, 2.24) is 14.9 Å². The number of nitrogens with zero attached hydrogens (tertiary/aromatic N) is 3. The van der Waals surface area contributed by atoms with E-state index in [9.17, 15) is 0 Å². The van der Waals surface area contributed by atoms with Gasteiger partial charge < -0.3 is 10.2 Å². The molecule has 4 nitrogen and oxygen atoms in total. The molecule has 3 fully saturated rings. The van der Waals surface area contributed by atoms with E-state index in [0.717, 1.165) is 35.6 Å². The van der Waals surface area contributed by atoms with Crippen LogP contribution in [-0.2, 0) is 0 Å². The number of aromatic nitrogens is 2. The van der Waals surface area contributed by atoms with Crippen LogP contribution in [0.1, 0.15) is 12.8 Å². The van der Waals surface area contributed by atoms with Gasteiger partial charge in [-0.3, -0.25) is 0 Å². The minimum Gasteiger partial charge on any atom is -0.370 e. The summed E-state index contributed by atoms with van der Waals surface area (Å²) < 4.78 is 0. The lowest BCUT2D eigenvalue weighted by molar-refractivity contribution is 0.0574. The summed E-state index contributed by atoms with van der Waals surface area (Å²) in [4.78, 5) is 11.6. The Hall–Kier alpha value is -1.94. The smallest absolute Gasteiger partial charge is 0.161 e. The van der Waals surface area contributed by atoms with E-state index in [1.54, 1.807) is 0 Å². The van der Waals surface area contributed by atoms with Crippen molar-refractivity contribution in [3.8, 4) is 11.4 Å². The van der Waals surface area contributed by atoms with E-state index >= 15 is 0 Å². The number of hydrogen-bond donors (Lipinski definition) is 1. The molecule has 0 saturated carbocycles. The van der Waals surface area contributed by atoms with Crippen LogP contribution in [0, 0.1) is 11.8 Å². The van der Waals surface area contributed by atoms with Gasteiger partial charge in [-0.2, -0.15) is 0 Å². The minimum absolute atomic E-state index is 0.762. The van der Waals surface area contributed by atoms with Crippen LogP contribution in [0.15, 0.2) is 42.6 Å². The quantitative estimate of drug-likeness (QED) is 0.941. The summed E-state index contributed by atoms with van der Waals surface area (Å²) >= 11 is 0. The van der Waals surface area contributed by atoms with Crippen molar-refractivity contribution in [3.63, 3.8) is 0 Å². The number of benzene rings is 1. The Morgan fingerprint density at radius 3 is 2.64 bits per heavy atom. The van der Waals surface area contributed by atoms with Crippen LogP contribution in [0.2, 0.25) is 0 Å². The maximum absolute atomic E-state index is 4.65. The van der Waals surface area contributed by atoms with Crippen LogP contribution in [0.25, 0.3) is 11.4 Å². The van der Waals surface area contributed by atoms with E-state index < -0.39 is 0 Å². The summed E-state index contributed by atoms with van der Waals surface area (Å²) in [7, 11) is 0. The zero-order valence-electron chi connectivity index (χ0n) is 12.8. The SMILES string of the molecule is c1ccc(-c2nccc(NCC3CN4CCC3CC4)n2)cc1. The van der Waals surface area contributed by atoms with Crippen LogP contribution >= 0.6 is 0 Å². The Balaban J connectivity index is 1.43. The van der Waals surface area contributed by atoms with E-state index in [2.05, 4.69) is 20.2 Å². The standard InChI is InChI=1S/C18H22N4/c1-2-4-15(5-3-1)18-19-9-6-17(21-18)20-12-16-13-22-10-7-14(16)8-11-22/h1-6,9,14,16H,7-8,10-13H2,(H,19,20,21). The molecule has 1 aromatic carbocycles. The van der Waals surface area contributed by atoms with Gasteiger partial charge in [0.2, 0.25) is 0 Å². The highest BCUT2D eigenvalue weighted by atomic mass is 15.2. The fourth-order valence-corrected chi connectivity index (χ4v) is 3.74. The molecule has 0 radical (unpaired) electrons. The first-order valence-electron chi connectivity index (χ1n) is 8.23. The topological polar surface area (TPSA) is 41.1 Å². The predicted molar refractivity (Wildman–Crippen MR) is 88.6 cm³/mol. The normalized spacial score (nSPS) is 26.8. The van der Waals surface area contributed by atoms with Crippen molar-refractivity contribution >= 4 is 5.82 Å². The van der Waals surface area contributed by atoms with E-state index in [0.29, 0.717) is 0 Å². The zero-order valence-corrected chi connectivity index (χ0v) is 12.8. The first-order valence-corrected chi connectivity index (χ1v) is 8.23. The molecule has 1 unspecified atom stereocenters. The monoisotopic (exact) mass is 294 g/mol. The molecule has 114 valence electrons. The molecule has 1 N–H and O–H groups in total. The molecule has 0 aliphatic carbocycles. The highest BCUT2D eigenvalue weighted by Crippen LogP contribution is 2.32. The highest BCUT2D eigenvalue weighted by molar-refractivity contribution is 5.56. The summed E-state index contributed by atoms with van der Waals surface area (Å²) in [6, 6.07) is 12.1. The van der Waals surface area contributed by atoms with E-state index in [4.69, 9.17) is 0 Å². The summed E-state index contributed by atoms with van der Waals surface area (Å²) in [6.07, 6.45) is 4.57. The summed E-state index contributed by atoms with van der Waals surface area (Å²) in [5, 5.41) is 3.53. The average molecular weight is 294 g/mol. The van der Waals surface area contributed by atoms with Crippen molar-refractivity contribution in [1.29, 1.82) is 0 Å². The molecule has 4 heterocycles. The molecule has 3 aliphatic rings. The van der Waals surface area contributed by atoms with Gasteiger partial charge in [0.05, 0.1) is 0 Å². The summed E-state index contributed by atoms with van der Waals surface area (Å²) in [5.74, 6) is 3.38. The molecule has 22 heavy (non-hydrogen) atoms. The number of hydrogen-bond acceptors (Lipinski definition) is 4. The second-order valence-electron chi connectivity index (χ2n) is 6.41. The van der Waals surface area contributed by atoms with E-state index in [-0.39, 0.29) is 0 Å². The molecule has 0 spiro atoms. The van der Waals surface area contributed by atoms with Gasteiger partial charge in [0, 0.05) is 24.8 Å². The molecule has 0 amide bonds. The van der Waals surface area contributed by atoms with Crippen LogP contribution < -0.4 is 5.32 Å². The molecule has 3 saturated heterocycles. The lowest BCUT2D eigenvalue weighted by atomic mass is 9.79. The van der Waals surface area contributed by atoms with Crippen molar-refractivity contribution in [3.05, 3.63) is 42.6 Å². The Labute approximate surface area is 131 Å². The van der Waals surface area contributed by atoms with E-state index in [1.165, 1.54) is 32.5 Å². The van der Waals surface area contributed by atoms with Crippen LogP contribution in [-0.4, -0.2) is 41.0 Å². The van der Waals surface area contributed by atoms with Gasteiger partial charge in [-0.05, 0) is 43.8 Å². The van der Waals surface area contributed by atoms with Gasteiger partial charge in [-0.25, -0.2) is 9.97 Å². The second kappa shape index (κ2) is 6.05. The van der Waals surface area contributed by atoms with Crippen molar-refractivity contribution in [2.75, 3.05) is 31.5 Å². The maximum Gasteiger partial charge on any atom is 0.161 e. The third kappa shape index (κ3) is 2.83. The Bertz CT molecular complexity index is 620. The van der Waals surface area contributed by atoms with Gasteiger partial charge >= 0.3 is 0 Å². The third-order valence-electron chi connectivity index (χ3n) is 5.02. The molecule has 1 aromatic heterocycles. The maximum atomic E-state index is 4.65. The number of piperidine rings is 3. The second-order valence-corrected chi connectivity index (χ2v) is 6.41. The fourth-order valence-electron chi connectivity index (χ4n) is 3.74. The third-order valence-corrected chi connectivity index (χ3v) is 5.02. The number of nitrogens with one attached hydrogen (secondary N) is 1. The molecular weight excluding hydrogens is 272 g/mol. The molecule has 2 aromatic rings. The van der Waals surface area contributed by atoms with Gasteiger partial charge in [-0.1, -0.05) is 30.3 Å². The Morgan fingerprint density at radius 1 is 1.09 bits per heavy atom. The fraction of sp³-hybridized carbons (Fsp3) is 0.444. The number of anilines is 1. The van der Waals surface area contributed by atoms with Gasteiger partial charge in [0.25, 0.3) is 0 Å². The summed E-state index contributed by atoms with van der Waals surface area (Å²) in [6.45, 7) is 4.86. The molecular formula is C18H22N4. The zero-order chi connectivity index (χ0) is 14.8. The minimum atomic E-state index is 0.762. The first-order chi connectivity index (χ1) is 10.9. The van der Waals surface area contributed by atoms with Crippen molar-refractivity contribution in [2.24, 2.45) is 11.8 Å². The number of rotatable bonds is 4. The van der Waals surface area contributed by atoms with Gasteiger partial charge in [-0.15, -0.1) is 0 Å². The highest BCUT2D eigenvalue weighted by Gasteiger charge is 2.33. The van der Waals surface area contributed by atoms with Crippen LogP contribution in [0.5, 0.6) is 0 Å². The molecule has 4 heteroatoms. The molecule has 1 atom stereocenters. The molecule has 3 aliphatic heterocycles. The average Bonchev–Trinajstić information content (AvgIpc) is 2.62. The molecule has 2 bridgehead atoms. The lowest BCUT2D eigenvalue weighted by Gasteiger charge is -2.44. The summed E-state index contributed by atoms with van der Waals surface area (Å²) in [5.41, 5.74) is 1.06. The van der Waals surface area contributed by atoms with Crippen LogP contribution in [0.4, 0.5) is 5.82 Å². The van der Waals surface area contributed by atoms with Crippen LogP contribution in [0.3, 0.4) is 0 Å². The van der Waals surface area contributed by atoms with Gasteiger partial charge in [0.1, 0.15) is 5.82 Å². The van der Waals surface area contributed by atoms with Crippen molar-refractivity contribution in [2.45, 2.75) is 12.8 Å². The predicted octanol–water partition coefficient (Wildman–Crippen LogP) is 2.90. The Kier molecular flexibility index (Phi) is 3.77.